The van der Waals surface area contributed by atoms with E-state index in [1.54, 1.807) is 6.08 Å². The molecule has 398 valence electrons. The topological polar surface area (TPSA) is 228 Å². The van der Waals surface area contributed by atoms with Gasteiger partial charge in [-0.25, -0.2) is 0 Å². The highest BCUT2D eigenvalue weighted by Gasteiger charge is 2.51. The summed E-state index contributed by atoms with van der Waals surface area (Å²) in [5.41, 5.74) is 0. The highest BCUT2D eigenvalue weighted by molar-refractivity contribution is 5.76. The van der Waals surface area contributed by atoms with Crippen molar-refractivity contribution in [2.45, 2.75) is 248 Å². The number of carbonyl (C=O) groups is 1. The zero-order valence-corrected chi connectivity index (χ0v) is 42.3. The molecule has 0 aromatic heterocycles. The van der Waals surface area contributed by atoms with E-state index >= 15 is 0 Å². The molecular weight excluding hydrogens is 883 g/mol. The van der Waals surface area contributed by atoms with Crippen LogP contribution in [0.15, 0.2) is 72.9 Å². The Labute approximate surface area is 415 Å². The third-order valence-corrected chi connectivity index (χ3v) is 12.6. The van der Waals surface area contributed by atoms with Crippen LogP contribution < -0.4 is 5.32 Å². The Hall–Kier alpha value is -2.57. The molecule has 12 unspecified atom stereocenters. The Morgan fingerprint density at radius 1 is 0.536 bits per heavy atom. The first-order valence-corrected chi connectivity index (χ1v) is 26.7. The number of hydrogen-bond donors (Lipinski definition) is 9. The first-order valence-electron chi connectivity index (χ1n) is 26.7. The summed E-state index contributed by atoms with van der Waals surface area (Å²) in [6, 6.07) is -0.912. The maximum absolute atomic E-state index is 13.0. The molecule has 0 saturated carbocycles. The Kier molecular flexibility index (Phi) is 37.1. The molecule has 0 aromatic carbocycles. The quantitative estimate of drug-likeness (QED) is 0.0213. The molecule has 2 heterocycles. The average molecular weight is 978 g/mol. The molecule has 14 nitrogen and oxygen atoms in total. The van der Waals surface area contributed by atoms with E-state index in [4.69, 9.17) is 18.9 Å². The summed E-state index contributed by atoms with van der Waals surface area (Å²) in [6.45, 7) is 2.49. The highest BCUT2D eigenvalue weighted by atomic mass is 16.7. The minimum atomic E-state index is -1.79. The van der Waals surface area contributed by atoms with Crippen LogP contribution in [0.5, 0.6) is 0 Å². The smallest absolute Gasteiger partial charge is 0.220 e. The average Bonchev–Trinajstić information content (AvgIpc) is 3.35. The highest BCUT2D eigenvalue weighted by Crippen LogP contribution is 2.30. The lowest BCUT2D eigenvalue weighted by atomic mass is 9.97. The zero-order chi connectivity index (χ0) is 50.3. The number of rotatable bonds is 40. The first kappa shape index (κ1) is 62.5. The molecule has 0 spiro atoms. The van der Waals surface area contributed by atoms with Crippen LogP contribution in [-0.4, -0.2) is 140 Å². The molecule has 1 amide bonds. The van der Waals surface area contributed by atoms with Crippen LogP contribution in [0.25, 0.3) is 0 Å². The van der Waals surface area contributed by atoms with Crippen molar-refractivity contribution in [2.24, 2.45) is 0 Å². The van der Waals surface area contributed by atoms with Gasteiger partial charge >= 0.3 is 0 Å². The summed E-state index contributed by atoms with van der Waals surface area (Å²) >= 11 is 0. The van der Waals surface area contributed by atoms with Crippen LogP contribution >= 0.6 is 0 Å². The number of ether oxygens (including phenoxy) is 4. The van der Waals surface area contributed by atoms with Gasteiger partial charge in [0.05, 0.1) is 32.0 Å². The molecule has 0 radical (unpaired) electrons. The minimum absolute atomic E-state index is 0.252. The number of amides is 1. The van der Waals surface area contributed by atoms with Crippen molar-refractivity contribution in [1.29, 1.82) is 0 Å². The van der Waals surface area contributed by atoms with Crippen LogP contribution in [0, 0.1) is 0 Å². The fourth-order valence-electron chi connectivity index (χ4n) is 8.30. The van der Waals surface area contributed by atoms with Crippen molar-refractivity contribution in [2.75, 3.05) is 19.8 Å². The summed E-state index contributed by atoms with van der Waals surface area (Å²) in [6.07, 6.45) is 36.2. The van der Waals surface area contributed by atoms with Gasteiger partial charge in [0.2, 0.25) is 5.91 Å². The lowest BCUT2D eigenvalue weighted by Gasteiger charge is -2.46. The maximum Gasteiger partial charge on any atom is 0.220 e. The van der Waals surface area contributed by atoms with Crippen molar-refractivity contribution >= 4 is 5.91 Å². The second kappa shape index (κ2) is 41.0. The minimum Gasteiger partial charge on any atom is -0.394 e. The lowest BCUT2D eigenvalue weighted by molar-refractivity contribution is -0.359. The van der Waals surface area contributed by atoms with E-state index in [0.29, 0.717) is 6.42 Å². The third kappa shape index (κ3) is 27.7. The second-order valence-corrected chi connectivity index (χ2v) is 18.6. The third-order valence-electron chi connectivity index (χ3n) is 12.6. The van der Waals surface area contributed by atoms with E-state index in [2.05, 4.69) is 79.9 Å². The van der Waals surface area contributed by atoms with E-state index in [1.807, 2.05) is 6.08 Å². The van der Waals surface area contributed by atoms with Gasteiger partial charge in [-0.2, -0.15) is 0 Å². The summed E-state index contributed by atoms with van der Waals surface area (Å²) in [4.78, 5) is 13.0. The maximum atomic E-state index is 13.0. The van der Waals surface area contributed by atoms with Gasteiger partial charge in [0, 0.05) is 6.42 Å². The van der Waals surface area contributed by atoms with Gasteiger partial charge in [0.1, 0.15) is 48.8 Å². The standard InChI is InChI=1S/C55H95NO13/c1-3-5-7-9-10-11-12-13-14-15-16-17-18-19-20-21-22-23-24-25-26-27-28-29-30-31-32-33-34-35-37-39-47(60)56-43(44(59)38-36-8-6-4-2)42-66-54-52(65)50(63)53(46(41-58)68-54)69-55-51(64)49(62)48(61)45(40-57)67-55/h5,7,10-11,13-14,16-17,19-20,36,38,43-46,48-55,57-59,61-65H,3-4,6,8-9,12,15,18,21-35,37,39-42H2,1-2H3,(H,56,60)/b7-5-,11-10-,14-13-,17-16-,20-19-,38-36+. The Morgan fingerprint density at radius 3 is 1.52 bits per heavy atom. The summed E-state index contributed by atoms with van der Waals surface area (Å²) in [5, 5.41) is 86.1. The molecule has 0 bridgehead atoms. The van der Waals surface area contributed by atoms with E-state index < -0.39 is 86.8 Å². The van der Waals surface area contributed by atoms with E-state index in [0.717, 1.165) is 70.6 Å². The predicted molar refractivity (Wildman–Crippen MR) is 272 cm³/mol. The summed E-state index contributed by atoms with van der Waals surface area (Å²) in [5.74, 6) is -0.252. The Balaban J connectivity index is 1.57. The molecule has 0 aromatic rings. The van der Waals surface area contributed by atoms with Crippen LogP contribution in [-0.2, 0) is 23.7 Å². The lowest BCUT2D eigenvalue weighted by Crippen LogP contribution is -2.65. The van der Waals surface area contributed by atoms with Crippen LogP contribution in [0.3, 0.4) is 0 Å². The van der Waals surface area contributed by atoms with E-state index in [1.165, 1.54) is 77.0 Å². The largest absolute Gasteiger partial charge is 0.394 e. The fourth-order valence-corrected chi connectivity index (χ4v) is 8.30. The van der Waals surface area contributed by atoms with E-state index in [9.17, 15) is 45.6 Å². The van der Waals surface area contributed by atoms with Gasteiger partial charge in [0.15, 0.2) is 12.6 Å². The van der Waals surface area contributed by atoms with E-state index in [-0.39, 0.29) is 18.9 Å². The molecule has 2 fully saturated rings. The molecule has 2 saturated heterocycles. The van der Waals surface area contributed by atoms with Crippen molar-refractivity contribution in [3.05, 3.63) is 72.9 Å². The number of carbonyl (C=O) groups excluding carboxylic acids is 1. The molecule has 2 aliphatic heterocycles. The van der Waals surface area contributed by atoms with Crippen LogP contribution in [0.4, 0.5) is 0 Å². The predicted octanol–water partition coefficient (Wildman–Crippen LogP) is 7.60. The Bertz CT molecular complexity index is 1430. The monoisotopic (exact) mass is 978 g/mol. The molecule has 9 N–H and O–H groups in total. The molecule has 2 aliphatic rings. The number of aliphatic hydroxyl groups is 8. The van der Waals surface area contributed by atoms with Crippen molar-refractivity contribution < 1.29 is 64.6 Å². The van der Waals surface area contributed by atoms with Gasteiger partial charge in [-0.3, -0.25) is 4.79 Å². The van der Waals surface area contributed by atoms with Gasteiger partial charge < -0.3 is 65.1 Å². The van der Waals surface area contributed by atoms with Gasteiger partial charge in [0.25, 0.3) is 0 Å². The summed E-state index contributed by atoms with van der Waals surface area (Å²) < 4.78 is 22.5. The molecular formula is C55H95NO13. The first-order chi connectivity index (χ1) is 33.6. The number of unbranched alkanes of at least 4 members (excludes halogenated alkanes) is 17. The second-order valence-electron chi connectivity index (χ2n) is 18.6. The summed E-state index contributed by atoms with van der Waals surface area (Å²) in [7, 11) is 0. The number of allylic oxidation sites excluding steroid dienone is 11. The normalized spacial score (nSPS) is 26.8. The SMILES string of the molecule is CC/C=C\C/C=C\C/C=C\C/C=C\C/C=C\CCCCCCCCCCCCCCCCCC(=O)NC(COC1OC(CO)C(OC2OC(CO)C(O)C(O)C2O)C(O)C1O)C(O)/C=C/CCCC. The molecule has 14 heteroatoms. The van der Waals surface area contributed by atoms with Gasteiger partial charge in [-0.15, -0.1) is 0 Å². The van der Waals surface area contributed by atoms with Crippen molar-refractivity contribution in [1.82, 2.24) is 5.32 Å². The number of aliphatic hydroxyl groups excluding tert-OH is 8. The van der Waals surface area contributed by atoms with Crippen LogP contribution in [0.1, 0.15) is 174 Å². The Morgan fingerprint density at radius 2 is 1.00 bits per heavy atom. The molecule has 12 atom stereocenters. The van der Waals surface area contributed by atoms with Gasteiger partial charge in [-0.05, 0) is 57.8 Å². The van der Waals surface area contributed by atoms with Crippen LogP contribution in [0.2, 0.25) is 0 Å². The van der Waals surface area contributed by atoms with Gasteiger partial charge in [-0.1, -0.05) is 183 Å². The zero-order valence-electron chi connectivity index (χ0n) is 42.3. The van der Waals surface area contributed by atoms with Crippen molar-refractivity contribution in [3.8, 4) is 0 Å². The van der Waals surface area contributed by atoms with Crippen molar-refractivity contribution in [3.63, 3.8) is 0 Å². The number of nitrogens with one attached hydrogen (secondary N) is 1. The molecule has 69 heavy (non-hydrogen) atoms. The fraction of sp³-hybridized carbons (Fsp3) is 0.764. The molecule has 2 rings (SSSR count). The molecule has 0 aliphatic carbocycles. The number of hydrogen-bond acceptors (Lipinski definition) is 13.